The molecule has 1 aromatic rings. The summed E-state index contributed by atoms with van der Waals surface area (Å²) in [5.41, 5.74) is 0.487. The lowest BCUT2D eigenvalue weighted by atomic mass is 9.99. The summed E-state index contributed by atoms with van der Waals surface area (Å²) in [6, 6.07) is 2.71. The van der Waals surface area contributed by atoms with Gasteiger partial charge in [-0.15, -0.1) is 0 Å². The van der Waals surface area contributed by atoms with Crippen molar-refractivity contribution in [3.05, 3.63) is 29.3 Å². The van der Waals surface area contributed by atoms with Crippen LogP contribution in [0.3, 0.4) is 0 Å². The van der Waals surface area contributed by atoms with Crippen molar-refractivity contribution in [2.45, 2.75) is 92.0 Å². The summed E-state index contributed by atoms with van der Waals surface area (Å²) < 4.78 is 5.26. The van der Waals surface area contributed by atoms with Gasteiger partial charge < -0.3 is 25.4 Å². The van der Waals surface area contributed by atoms with Crippen LogP contribution in [-0.4, -0.2) is 52.1 Å². The molecule has 2 unspecified atom stereocenters. The average Bonchev–Trinajstić information content (AvgIpc) is 2.66. The Morgan fingerprint density at radius 2 is 1.78 bits per heavy atom. The molecule has 1 aromatic carbocycles. The fourth-order valence-electron chi connectivity index (χ4n) is 3.22. The fraction of sp³-hybridized carbons (Fsp3) is 0.625. The molecule has 8 nitrogen and oxygen atoms in total. The summed E-state index contributed by atoms with van der Waals surface area (Å²) in [5.74, 6) is -0.608. The van der Waals surface area contributed by atoms with Crippen molar-refractivity contribution in [3.63, 3.8) is 0 Å². The summed E-state index contributed by atoms with van der Waals surface area (Å²) in [5, 5.41) is 15.4. The topological polar surface area (TPSA) is 108 Å². The van der Waals surface area contributed by atoms with E-state index in [1.807, 2.05) is 20.8 Å². The summed E-state index contributed by atoms with van der Waals surface area (Å²) in [6.45, 7) is 14.7. The zero-order valence-electron chi connectivity index (χ0n) is 20.6. The second kappa shape index (κ2) is 11.7. The fourth-order valence-corrected chi connectivity index (χ4v) is 3.22. The lowest BCUT2D eigenvalue weighted by Crippen LogP contribution is -2.54. The van der Waals surface area contributed by atoms with Crippen LogP contribution in [-0.2, 0) is 14.3 Å². The molecule has 3 amide bonds. The van der Waals surface area contributed by atoms with Crippen LogP contribution >= 0.6 is 0 Å². The minimum Gasteiger partial charge on any atom is -0.508 e. The third-order valence-corrected chi connectivity index (χ3v) is 4.81. The molecule has 0 bridgehead atoms. The highest BCUT2D eigenvalue weighted by Crippen LogP contribution is 2.28. The molecule has 0 radical (unpaired) electrons. The maximum absolute atomic E-state index is 13.4. The second-order valence-corrected chi connectivity index (χ2v) is 9.30. The van der Waals surface area contributed by atoms with Crippen molar-refractivity contribution < 1.29 is 24.2 Å². The number of rotatable bonds is 9. The molecule has 0 fully saturated rings. The Morgan fingerprint density at radius 3 is 2.28 bits per heavy atom. The van der Waals surface area contributed by atoms with Crippen molar-refractivity contribution >= 4 is 17.9 Å². The lowest BCUT2D eigenvalue weighted by molar-refractivity contribution is -0.144. The largest absolute Gasteiger partial charge is 0.508 e. The van der Waals surface area contributed by atoms with Crippen LogP contribution in [0.2, 0.25) is 0 Å². The number of carbonyl (C=O) groups excluding carboxylic acids is 3. The number of phenolic OH excluding ortho intramolecular Hbond substituents is 1. The van der Waals surface area contributed by atoms with E-state index < -0.39 is 29.7 Å². The van der Waals surface area contributed by atoms with Gasteiger partial charge in [-0.25, -0.2) is 4.79 Å². The van der Waals surface area contributed by atoms with Gasteiger partial charge in [0.25, 0.3) is 0 Å². The molecule has 0 aliphatic heterocycles. The van der Waals surface area contributed by atoms with Gasteiger partial charge in [0.05, 0.1) is 0 Å². The number of hydrogen-bond donors (Lipinski definition) is 3. The predicted octanol–water partition coefficient (Wildman–Crippen LogP) is 3.81. The van der Waals surface area contributed by atoms with Crippen molar-refractivity contribution in [1.82, 2.24) is 15.5 Å². The molecular formula is C24H39N3O5. The number of benzene rings is 1. The first-order chi connectivity index (χ1) is 14.8. The second-order valence-electron chi connectivity index (χ2n) is 9.30. The Balaban J connectivity index is 3.27. The minimum atomic E-state index is -0.915. The Bertz CT molecular complexity index is 801. The van der Waals surface area contributed by atoms with E-state index in [1.54, 1.807) is 46.8 Å². The van der Waals surface area contributed by atoms with Crippen molar-refractivity contribution in [2.75, 3.05) is 6.54 Å². The normalized spacial score (nSPS) is 13.3. The number of aryl methyl sites for hydroxylation is 1. The molecule has 0 saturated heterocycles. The predicted molar refractivity (Wildman–Crippen MR) is 124 cm³/mol. The molecule has 0 spiro atoms. The zero-order valence-corrected chi connectivity index (χ0v) is 20.6. The smallest absolute Gasteiger partial charge is 0.408 e. The van der Waals surface area contributed by atoms with Crippen molar-refractivity contribution in [3.8, 4) is 5.75 Å². The number of nitrogens with one attached hydrogen (secondary N) is 2. The quantitative estimate of drug-likeness (QED) is 0.497. The third-order valence-electron chi connectivity index (χ3n) is 4.81. The molecule has 1 rings (SSSR count). The molecular weight excluding hydrogens is 410 g/mol. The number of carbonyl (C=O) groups is 3. The Morgan fingerprint density at radius 1 is 1.16 bits per heavy atom. The summed E-state index contributed by atoms with van der Waals surface area (Å²) in [7, 11) is 0. The first-order valence-electron chi connectivity index (χ1n) is 11.2. The van der Waals surface area contributed by atoms with Crippen LogP contribution in [0.4, 0.5) is 4.79 Å². The lowest BCUT2D eigenvalue weighted by Gasteiger charge is -2.36. The maximum atomic E-state index is 13.4. The van der Waals surface area contributed by atoms with Gasteiger partial charge in [-0.05, 0) is 78.1 Å². The van der Waals surface area contributed by atoms with E-state index >= 15 is 0 Å². The van der Waals surface area contributed by atoms with E-state index in [-0.39, 0.29) is 17.7 Å². The molecule has 0 aliphatic carbocycles. The highest BCUT2D eigenvalue weighted by Gasteiger charge is 2.36. The number of nitrogens with zero attached hydrogens (tertiary/aromatic N) is 1. The van der Waals surface area contributed by atoms with E-state index in [9.17, 15) is 19.5 Å². The highest BCUT2D eigenvalue weighted by molar-refractivity contribution is 5.92. The molecule has 2 atom stereocenters. The molecule has 8 heteroatoms. The Hall–Kier alpha value is -2.77. The first-order valence-corrected chi connectivity index (χ1v) is 11.2. The number of ether oxygens (including phenoxy) is 1. The van der Waals surface area contributed by atoms with Gasteiger partial charge in [-0.3, -0.25) is 9.59 Å². The SMILES string of the molecule is CCCCNC(=O)C(c1ccc(O)c(C)c1)N(C(=O)C(C)NC(=O)OC(C)(C)C)C(C)C. The van der Waals surface area contributed by atoms with Gasteiger partial charge in [0.15, 0.2) is 0 Å². The summed E-state index contributed by atoms with van der Waals surface area (Å²) in [4.78, 5) is 40.3. The van der Waals surface area contributed by atoms with Crippen LogP contribution in [0.5, 0.6) is 5.75 Å². The number of unbranched alkanes of at least 4 members (excludes halogenated alkanes) is 1. The number of phenols is 1. The number of hydrogen-bond acceptors (Lipinski definition) is 5. The van der Waals surface area contributed by atoms with Crippen LogP contribution in [0.15, 0.2) is 18.2 Å². The number of aromatic hydroxyl groups is 1. The number of amides is 3. The zero-order chi connectivity index (χ0) is 24.6. The molecule has 32 heavy (non-hydrogen) atoms. The van der Waals surface area contributed by atoms with E-state index in [4.69, 9.17) is 4.74 Å². The molecule has 3 N–H and O–H groups in total. The van der Waals surface area contributed by atoms with E-state index in [0.29, 0.717) is 17.7 Å². The third kappa shape index (κ3) is 8.05. The minimum absolute atomic E-state index is 0.112. The van der Waals surface area contributed by atoms with Crippen molar-refractivity contribution in [2.24, 2.45) is 0 Å². The Kier molecular flexibility index (Phi) is 10.0. The summed E-state index contributed by atoms with van der Waals surface area (Å²) in [6.07, 6.45) is 1.04. The highest BCUT2D eigenvalue weighted by atomic mass is 16.6. The standard InChI is InChI=1S/C24H39N3O5/c1-9-10-13-25-21(29)20(18-11-12-19(28)16(4)14-18)27(15(2)3)22(30)17(5)26-23(31)32-24(6,7)8/h11-12,14-15,17,20,28H,9-10,13H2,1-8H3,(H,25,29)(H,26,31). The monoisotopic (exact) mass is 449 g/mol. The van der Waals surface area contributed by atoms with Gasteiger partial charge in [-0.1, -0.05) is 19.4 Å². The van der Waals surface area contributed by atoms with Gasteiger partial charge in [0.2, 0.25) is 11.8 Å². The van der Waals surface area contributed by atoms with Gasteiger partial charge in [0, 0.05) is 12.6 Å². The molecule has 180 valence electrons. The summed E-state index contributed by atoms with van der Waals surface area (Å²) >= 11 is 0. The van der Waals surface area contributed by atoms with Gasteiger partial charge in [-0.2, -0.15) is 0 Å². The van der Waals surface area contributed by atoms with Crippen LogP contribution in [0.1, 0.15) is 78.5 Å². The van der Waals surface area contributed by atoms with E-state index in [2.05, 4.69) is 10.6 Å². The van der Waals surface area contributed by atoms with E-state index in [0.717, 1.165) is 12.8 Å². The first kappa shape index (κ1) is 27.3. The number of alkyl carbamates (subject to hydrolysis) is 1. The molecule has 0 aliphatic rings. The van der Waals surface area contributed by atoms with Gasteiger partial charge >= 0.3 is 6.09 Å². The van der Waals surface area contributed by atoms with Crippen molar-refractivity contribution in [1.29, 1.82) is 0 Å². The maximum Gasteiger partial charge on any atom is 0.408 e. The van der Waals surface area contributed by atoms with Gasteiger partial charge in [0.1, 0.15) is 23.4 Å². The molecule has 0 aromatic heterocycles. The van der Waals surface area contributed by atoms with Crippen LogP contribution in [0.25, 0.3) is 0 Å². The van der Waals surface area contributed by atoms with Crippen LogP contribution in [0, 0.1) is 6.92 Å². The van der Waals surface area contributed by atoms with E-state index in [1.165, 1.54) is 11.0 Å². The molecule has 0 heterocycles. The van der Waals surface area contributed by atoms with Crippen LogP contribution < -0.4 is 10.6 Å². The Labute approximate surface area is 191 Å². The molecule has 0 saturated carbocycles. The average molecular weight is 450 g/mol.